The van der Waals surface area contributed by atoms with Crippen molar-refractivity contribution >= 4 is 0 Å². The van der Waals surface area contributed by atoms with Gasteiger partial charge in [0.1, 0.15) is 5.66 Å². The highest BCUT2D eigenvalue weighted by Gasteiger charge is 2.53. The van der Waals surface area contributed by atoms with E-state index in [4.69, 9.17) is 0 Å². The van der Waals surface area contributed by atoms with E-state index < -0.39 is 0 Å². The highest BCUT2D eigenvalue weighted by atomic mass is 15.8. The first kappa shape index (κ1) is 7.54. The molecule has 2 unspecified atom stereocenters. The van der Waals surface area contributed by atoms with Crippen LogP contribution in [0.4, 0.5) is 0 Å². The molecule has 0 bridgehead atoms. The van der Waals surface area contributed by atoms with E-state index in [9.17, 15) is 0 Å². The van der Waals surface area contributed by atoms with Gasteiger partial charge in [-0.3, -0.25) is 0 Å². The summed E-state index contributed by atoms with van der Waals surface area (Å²) in [7, 11) is 0. The lowest BCUT2D eigenvalue weighted by molar-refractivity contribution is 0.320. The molecule has 1 aromatic carbocycles. The minimum absolute atomic E-state index is 0.222. The predicted molar refractivity (Wildman–Crippen MR) is 51.8 cm³/mol. The van der Waals surface area contributed by atoms with Gasteiger partial charge in [0.2, 0.25) is 0 Å². The Morgan fingerprint density at radius 2 is 2.00 bits per heavy atom. The van der Waals surface area contributed by atoms with Crippen molar-refractivity contribution in [3.05, 3.63) is 35.9 Å². The Labute approximate surface area is 78.5 Å². The van der Waals surface area contributed by atoms with Crippen molar-refractivity contribution in [2.75, 3.05) is 6.54 Å². The fourth-order valence-electron chi connectivity index (χ4n) is 2.37. The van der Waals surface area contributed by atoms with Crippen molar-refractivity contribution in [1.29, 1.82) is 0 Å². The van der Waals surface area contributed by atoms with E-state index in [0.717, 1.165) is 0 Å². The average Bonchev–Trinajstić information content (AvgIpc) is 2.94. The third-order valence-electron chi connectivity index (χ3n) is 3.15. The summed E-state index contributed by atoms with van der Waals surface area (Å²) in [5, 5.41) is 2.37. The number of nitrogens with one attached hydrogen (secondary N) is 1. The summed E-state index contributed by atoms with van der Waals surface area (Å²) < 4.78 is 0. The molecule has 2 aliphatic rings. The lowest BCUT2D eigenvalue weighted by atomic mass is 9.95. The van der Waals surface area contributed by atoms with E-state index in [1.807, 2.05) is 0 Å². The second-order valence-electron chi connectivity index (χ2n) is 3.95. The Morgan fingerprint density at radius 3 is 2.77 bits per heavy atom. The van der Waals surface area contributed by atoms with Gasteiger partial charge in [0.25, 0.3) is 0 Å². The first-order valence-electron chi connectivity index (χ1n) is 5.03. The summed E-state index contributed by atoms with van der Waals surface area (Å²) in [5.74, 6) is 0. The Morgan fingerprint density at radius 1 is 1.15 bits per heavy atom. The molecule has 1 aromatic rings. The molecule has 2 fully saturated rings. The Bertz CT molecular complexity index is 309. The maximum absolute atomic E-state index is 3.49. The third-order valence-corrected chi connectivity index (χ3v) is 3.15. The lowest BCUT2D eigenvalue weighted by Gasteiger charge is -2.19. The zero-order valence-corrected chi connectivity index (χ0v) is 7.66. The largest absolute Gasteiger partial charge is 0.228 e. The molecule has 0 amide bonds. The summed E-state index contributed by atoms with van der Waals surface area (Å²) in [6.07, 6.45) is 3.94. The van der Waals surface area contributed by atoms with Crippen molar-refractivity contribution < 1.29 is 0 Å². The molecule has 2 nitrogen and oxygen atoms in total. The summed E-state index contributed by atoms with van der Waals surface area (Å²) in [6.45, 7) is 1.20. The van der Waals surface area contributed by atoms with E-state index >= 15 is 0 Å². The monoisotopic (exact) mass is 174 g/mol. The van der Waals surface area contributed by atoms with Crippen LogP contribution < -0.4 is 5.43 Å². The molecule has 68 valence electrons. The van der Waals surface area contributed by atoms with Gasteiger partial charge in [-0.1, -0.05) is 30.3 Å². The quantitative estimate of drug-likeness (QED) is 0.657. The Hall–Kier alpha value is -0.860. The highest BCUT2D eigenvalue weighted by molar-refractivity contribution is 5.28. The van der Waals surface area contributed by atoms with E-state index in [1.165, 1.54) is 31.4 Å². The zero-order chi connectivity index (χ0) is 8.73. The second-order valence-corrected chi connectivity index (χ2v) is 3.95. The number of fused-ring (bicyclic) bond motifs is 1. The van der Waals surface area contributed by atoms with Crippen molar-refractivity contribution in [3.8, 4) is 0 Å². The van der Waals surface area contributed by atoms with Crippen LogP contribution >= 0.6 is 0 Å². The summed E-state index contributed by atoms with van der Waals surface area (Å²) >= 11 is 0. The zero-order valence-electron chi connectivity index (χ0n) is 7.66. The number of hydrazine groups is 1. The minimum Gasteiger partial charge on any atom is -0.228 e. The maximum Gasteiger partial charge on any atom is 0.123 e. The van der Waals surface area contributed by atoms with Gasteiger partial charge in [0.05, 0.1) is 0 Å². The molecule has 0 aliphatic carbocycles. The number of hydrogen-bond acceptors (Lipinski definition) is 2. The number of rotatable bonds is 1. The van der Waals surface area contributed by atoms with Crippen LogP contribution in [-0.2, 0) is 5.66 Å². The van der Waals surface area contributed by atoms with E-state index in [2.05, 4.69) is 40.8 Å². The van der Waals surface area contributed by atoms with Crippen LogP contribution in [0.1, 0.15) is 24.8 Å². The van der Waals surface area contributed by atoms with Gasteiger partial charge in [0, 0.05) is 6.54 Å². The predicted octanol–water partition coefficient (Wildman–Crippen LogP) is 1.84. The first-order valence-corrected chi connectivity index (χ1v) is 5.03. The van der Waals surface area contributed by atoms with Gasteiger partial charge in [-0.05, 0) is 24.8 Å². The average molecular weight is 174 g/mol. The molecule has 0 aromatic heterocycles. The molecule has 2 heteroatoms. The van der Waals surface area contributed by atoms with Gasteiger partial charge in [-0.25, -0.2) is 10.4 Å². The number of benzene rings is 1. The number of hydrogen-bond donors (Lipinski definition) is 1. The highest BCUT2D eigenvalue weighted by Crippen LogP contribution is 2.43. The number of nitrogens with zero attached hydrogens (tertiary/aromatic N) is 1. The van der Waals surface area contributed by atoms with Gasteiger partial charge >= 0.3 is 0 Å². The van der Waals surface area contributed by atoms with Crippen LogP contribution in [-0.4, -0.2) is 11.6 Å². The standard InChI is InChI=1S/C11H14N2/c1-2-6-10(7-3-1)11-8-4-5-9-13(11)12-11/h1-3,6-7,12H,4-5,8-9H2. The van der Waals surface area contributed by atoms with E-state index in [0.29, 0.717) is 0 Å². The molecule has 0 spiro atoms. The van der Waals surface area contributed by atoms with Crippen molar-refractivity contribution in [1.82, 2.24) is 10.4 Å². The molecule has 2 saturated heterocycles. The van der Waals surface area contributed by atoms with Crippen LogP contribution in [0.3, 0.4) is 0 Å². The van der Waals surface area contributed by atoms with Gasteiger partial charge < -0.3 is 0 Å². The molecule has 13 heavy (non-hydrogen) atoms. The van der Waals surface area contributed by atoms with Gasteiger partial charge in [0.15, 0.2) is 0 Å². The first-order chi connectivity index (χ1) is 6.42. The lowest BCUT2D eigenvalue weighted by Crippen LogP contribution is -2.22. The molecule has 0 radical (unpaired) electrons. The molecular formula is C11H14N2. The fourth-order valence-corrected chi connectivity index (χ4v) is 2.37. The number of piperidine rings is 1. The van der Waals surface area contributed by atoms with Crippen LogP contribution in [0.5, 0.6) is 0 Å². The van der Waals surface area contributed by atoms with Crippen LogP contribution in [0.25, 0.3) is 0 Å². The van der Waals surface area contributed by atoms with Gasteiger partial charge in [-0.15, -0.1) is 0 Å². The molecule has 3 rings (SSSR count). The van der Waals surface area contributed by atoms with E-state index in [1.54, 1.807) is 0 Å². The van der Waals surface area contributed by atoms with Crippen LogP contribution in [0.15, 0.2) is 30.3 Å². The third kappa shape index (κ3) is 1.02. The Kier molecular flexibility index (Phi) is 1.49. The smallest absolute Gasteiger partial charge is 0.123 e. The fraction of sp³-hybridized carbons (Fsp3) is 0.455. The summed E-state index contributed by atoms with van der Waals surface area (Å²) in [5.41, 5.74) is 5.14. The van der Waals surface area contributed by atoms with Crippen LogP contribution in [0, 0.1) is 0 Å². The second kappa shape index (κ2) is 2.56. The van der Waals surface area contributed by atoms with E-state index in [-0.39, 0.29) is 5.66 Å². The molecular weight excluding hydrogens is 160 g/mol. The van der Waals surface area contributed by atoms with Crippen molar-refractivity contribution in [3.63, 3.8) is 0 Å². The minimum atomic E-state index is 0.222. The molecule has 0 saturated carbocycles. The van der Waals surface area contributed by atoms with Crippen molar-refractivity contribution in [2.24, 2.45) is 0 Å². The summed E-state index contributed by atoms with van der Waals surface area (Å²) in [4.78, 5) is 0. The van der Waals surface area contributed by atoms with Gasteiger partial charge in [-0.2, -0.15) is 0 Å². The molecule has 2 aliphatic heterocycles. The maximum atomic E-state index is 3.49. The summed E-state index contributed by atoms with van der Waals surface area (Å²) in [6, 6.07) is 10.8. The van der Waals surface area contributed by atoms with Crippen LogP contribution in [0.2, 0.25) is 0 Å². The normalized spacial score (nSPS) is 36.8. The topological polar surface area (TPSA) is 25.0 Å². The molecule has 1 N–H and O–H groups in total. The van der Waals surface area contributed by atoms with Crippen molar-refractivity contribution in [2.45, 2.75) is 24.9 Å². The molecule has 2 heterocycles. The molecule has 2 atom stereocenters. The SMILES string of the molecule is c1ccc(C23CCCCN2N3)cc1. The Balaban J connectivity index is 1.94.